The van der Waals surface area contributed by atoms with Crippen LogP contribution in [0.4, 0.5) is 4.79 Å². The number of aliphatic hydroxyl groups excluding tert-OH is 1. The predicted molar refractivity (Wildman–Crippen MR) is 102 cm³/mol. The molecule has 26 heavy (non-hydrogen) atoms. The molecular formula is C20H32N2O4. The van der Waals surface area contributed by atoms with Gasteiger partial charge in [0.2, 0.25) is 0 Å². The molecule has 146 valence electrons. The summed E-state index contributed by atoms with van der Waals surface area (Å²) in [6.45, 7) is 3.28. The second-order valence-corrected chi connectivity index (χ2v) is 6.76. The number of methoxy groups -OCH3 is 1. The van der Waals surface area contributed by atoms with Crippen LogP contribution in [-0.4, -0.2) is 43.9 Å². The number of carbonyl (C=O) groups is 2. The Balaban J connectivity index is 2.11. The first-order chi connectivity index (χ1) is 12.5. The van der Waals surface area contributed by atoms with Crippen LogP contribution in [0.3, 0.4) is 0 Å². The number of esters is 1. The summed E-state index contributed by atoms with van der Waals surface area (Å²) < 4.78 is 4.54. The Kier molecular flexibility index (Phi) is 10.4. The van der Waals surface area contributed by atoms with E-state index in [9.17, 15) is 14.7 Å². The van der Waals surface area contributed by atoms with Crippen molar-refractivity contribution in [3.8, 4) is 0 Å². The molecule has 0 aliphatic rings. The van der Waals surface area contributed by atoms with Crippen molar-refractivity contribution in [3.05, 3.63) is 35.9 Å². The van der Waals surface area contributed by atoms with Gasteiger partial charge in [0.1, 0.15) is 0 Å². The lowest BCUT2D eigenvalue weighted by Gasteiger charge is -2.28. The molecule has 0 fully saturated rings. The molecule has 0 heterocycles. The number of hydrogen-bond donors (Lipinski definition) is 3. The quantitative estimate of drug-likeness (QED) is 0.393. The van der Waals surface area contributed by atoms with Gasteiger partial charge in [0.15, 0.2) is 0 Å². The maximum absolute atomic E-state index is 11.6. The lowest BCUT2D eigenvalue weighted by molar-refractivity contribution is -0.140. The van der Waals surface area contributed by atoms with Gasteiger partial charge < -0.3 is 20.5 Å². The molecule has 1 unspecified atom stereocenters. The summed E-state index contributed by atoms with van der Waals surface area (Å²) in [7, 11) is 1.35. The van der Waals surface area contributed by atoms with Crippen LogP contribution in [-0.2, 0) is 14.9 Å². The Hall–Kier alpha value is -2.08. The molecule has 0 aliphatic carbocycles. The van der Waals surface area contributed by atoms with Crippen molar-refractivity contribution in [2.45, 2.75) is 50.9 Å². The highest BCUT2D eigenvalue weighted by atomic mass is 16.5. The van der Waals surface area contributed by atoms with Gasteiger partial charge in [-0.3, -0.25) is 4.79 Å². The summed E-state index contributed by atoms with van der Waals surface area (Å²) in [5.74, 6) is -0.266. The number of nitrogens with one attached hydrogen (secondary N) is 2. The molecule has 0 aromatic heterocycles. The van der Waals surface area contributed by atoms with Crippen molar-refractivity contribution < 1.29 is 19.4 Å². The first kappa shape index (κ1) is 22.0. The molecular weight excluding hydrogens is 332 g/mol. The summed E-state index contributed by atoms with van der Waals surface area (Å²) in [5.41, 5.74) is 0.943. The monoisotopic (exact) mass is 364 g/mol. The zero-order valence-corrected chi connectivity index (χ0v) is 15.9. The largest absolute Gasteiger partial charge is 0.469 e. The summed E-state index contributed by atoms with van der Waals surface area (Å²) >= 11 is 0. The summed E-state index contributed by atoms with van der Waals surface area (Å²) in [5, 5.41) is 15.3. The zero-order chi connectivity index (χ0) is 19.3. The van der Waals surface area contributed by atoms with E-state index >= 15 is 0 Å². The number of unbranched alkanes of at least 4 members (excludes halogenated alkanes) is 2. The van der Waals surface area contributed by atoms with E-state index in [1.807, 2.05) is 18.2 Å². The van der Waals surface area contributed by atoms with Crippen molar-refractivity contribution in [3.63, 3.8) is 0 Å². The number of rotatable bonds is 12. The Morgan fingerprint density at radius 2 is 1.69 bits per heavy atom. The summed E-state index contributed by atoms with van der Waals surface area (Å²) in [6, 6.07) is 9.88. The van der Waals surface area contributed by atoms with E-state index in [1.165, 1.54) is 7.11 Å². The third-order valence-corrected chi connectivity index (χ3v) is 4.58. The lowest BCUT2D eigenvalue weighted by atomic mass is 9.79. The molecule has 6 heteroatoms. The van der Waals surface area contributed by atoms with Crippen LogP contribution in [0, 0.1) is 0 Å². The van der Waals surface area contributed by atoms with Crippen LogP contribution in [0.2, 0.25) is 0 Å². The molecule has 0 spiro atoms. The van der Waals surface area contributed by atoms with Gasteiger partial charge in [0.25, 0.3) is 0 Å². The minimum atomic E-state index is -0.266. The lowest BCUT2D eigenvalue weighted by Crippen LogP contribution is -2.36. The van der Waals surface area contributed by atoms with E-state index in [4.69, 9.17) is 0 Å². The van der Waals surface area contributed by atoms with Gasteiger partial charge in [-0.25, -0.2) is 4.79 Å². The van der Waals surface area contributed by atoms with E-state index in [1.54, 1.807) is 0 Å². The zero-order valence-electron chi connectivity index (χ0n) is 15.9. The second kappa shape index (κ2) is 12.3. The number of ether oxygens (including phenoxy) is 1. The first-order valence-electron chi connectivity index (χ1n) is 9.27. The van der Waals surface area contributed by atoms with Crippen LogP contribution in [0.1, 0.15) is 51.0 Å². The maximum Gasteiger partial charge on any atom is 0.314 e. The Bertz CT molecular complexity index is 536. The van der Waals surface area contributed by atoms with E-state index in [2.05, 4.69) is 34.4 Å². The molecule has 0 radical (unpaired) electrons. The standard InChI is InChI=1S/C20H32N2O4/c1-20(16-23,17-10-5-3-6-11-17)13-7-4-8-14-21-19(25)22-15-9-12-18(24)26-2/h3,5-6,10-11,23H,4,7-9,12-16H2,1-2H3,(H2,21,22,25). The molecule has 0 saturated carbocycles. The molecule has 0 aliphatic heterocycles. The van der Waals surface area contributed by atoms with Crippen LogP contribution in [0.15, 0.2) is 30.3 Å². The fraction of sp³-hybridized carbons (Fsp3) is 0.600. The molecule has 1 atom stereocenters. The van der Waals surface area contributed by atoms with Crippen molar-refractivity contribution >= 4 is 12.0 Å². The normalized spacial score (nSPS) is 12.9. The smallest absolute Gasteiger partial charge is 0.314 e. The van der Waals surface area contributed by atoms with Crippen LogP contribution >= 0.6 is 0 Å². The Labute approximate surface area is 156 Å². The van der Waals surface area contributed by atoms with Gasteiger partial charge in [-0.1, -0.05) is 50.1 Å². The van der Waals surface area contributed by atoms with Gasteiger partial charge in [0.05, 0.1) is 13.7 Å². The van der Waals surface area contributed by atoms with Crippen LogP contribution < -0.4 is 10.6 Å². The van der Waals surface area contributed by atoms with Crippen molar-refractivity contribution in [2.75, 3.05) is 26.8 Å². The van der Waals surface area contributed by atoms with Gasteiger partial charge in [-0.05, 0) is 24.8 Å². The van der Waals surface area contributed by atoms with Crippen molar-refractivity contribution in [1.82, 2.24) is 10.6 Å². The van der Waals surface area contributed by atoms with Gasteiger partial charge in [-0.15, -0.1) is 0 Å². The molecule has 1 rings (SSSR count). The SMILES string of the molecule is COC(=O)CCCNC(=O)NCCCCCC(C)(CO)c1ccccc1. The minimum absolute atomic E-state index is 0.128. The number of hydrogen-bond acceptors (Lipinski definition) is 4. The van der Waals surface area contributed by atoms with E-state index in [-0.39, 0.29) is 24.0 Å². The number of carbonyl (C=O) groups excluding carboxylic acids is 2. The number of amides is 2. The molecule has 3 N–H and O–H groups in total. The fourth-order valence-electron chi connectivity index (χ4n) is 2.77. The maximum atomic E-state index is 11.6. The second-order valence-electron chi connectivity index (χ2n) is 6.76. The topological polar surface area (TPSA) is 87.7 Å². The first-order valence-corrected chi connectivity index (χ1v) is 9.27. The molecule has 0 saturated heterocycles. The average Bonchev–Trinajstić information content (AvgIpc) is 2.68. The highest BCUT2D eigenvalue weighted by Gasteiger charge is 2.24. The van der Waals surface area contributed by atoms with Gasteiger partial charge >= 0.3 is 12.0 Å². The van der Waals surface area contributed by atoms with E-state index < -0.39 is 0 Å². The van der Waals surface area contributed by atoms with E-state index in [0.717, 1.165) is 31.2 Å². The predicted octanol–water partition coefficient (Wildman–Crippen LogP) is 2.75. The molecule has 0 bridgehead atoms. The summed E-state index contributed by atoms with van der Waals surface area (Å²) in [4.78, 5) is 22.6. The van der Waals surface area contributed by atoms with Crippen molar-refractivity contribution in [2.24, 2.45) is 0 Å². The number of benzene rings is 1. The molecule has 1 aromatic carbocycles. The van der Waals surface area contributed by atoms with Gasteiger partial charge in [0, 0.05) is 24.9 Å². The number of aliphatic hydroxyl groups is 1. The third-order valence-electron chi connectivity index (χ3n) is 4.58. The molecule has 2 amide bonds. The minimum Gasteiger partial charge on any atom is -0.469 e. The van der Waals surface area contributed by atoms with Crippen LogP contribution in [0.25, 0.3) is 0 Å². The Morgan fingerprint density at radius 3 is 2.31 bits per heavy atom. The van der Waals surface area contributed by atoms with Gasteiger partial charge in [-0.2, -0.15) is 0 Å². The van der Waals surface area contributed by atoms with E-state index in [0.29, 0.717) is 25.9 Å². The Morgan fingerprint density at radius 1 is 1.04 bits per heavy atom. The highest BCUT2D eigenvalue weighted by molar-refractivity contribution is 5.74. The third kappa shape index (κ3) is 8.34. The fourth-order valence-corrected chi connectivity index (χ4v) is 2.77. The molecule has 6 nitrogen and oxygen atoms in total. The number of urea groups is 1. The average molecular weight is 364 g/mol. The van der Waals surface area contributed by atoms with Crippen LogP contribution in [0.5, 0.6) is 0 Å². The van der Waals surface area contributed by atoms with Crippen molar-refractivity contribution in [1.29, 1.82) is 0 Å². The summed E-state index contributed by atoms with van der Waals surface area (Å²) in [6.07, 6.45) is 4.67. The highest BCUT2D eigenvalue weighted by Crippen LogP contribution is 2.29. The molecule has 1 aromatic rings.